The molecule has 1 aliphatic rings. The van der Waals surface area contributed by atoms with Gasteiger partial charge in [0.05, 0.1) is 36.6 Å². The summed E-state index contributed by atoms with van der Waals surface area (Å²) in [5.41, 5.74) is 1.09. The molecule has 1 aromatic carbocycles. The molecule has 1 N–H and O–H groups in total. The zero-order valence-corrected chi connectivity index (χ0v) is 19.9. The minimum atomic E-state index is -0.508. The number of carbonyl (C=O) groups is 1. The number of benzene rings is 1. The van der Waals surface area contributed by atoms with Gasteiger partial charge in [-0.3, -0.25) is 19.0 Å². The fourth-order valence-electron chi connectivity index (χ4n) is 3.45. The maximum Gasteiger partial charge on any atom is 0.281 e. The molecular formula is C22H27BrFN3O4. The van der Waals surface area contributed by atoms with E-state index in [4.69, 9.17) is 9.57 Å². The number of ether oxygens (including phenoxy) is 1. The Hall–Kier alpha value is -2.23. The summed E-state index contributed by atoms with van der Waals surface area (Å²) in [5.74, 6) is -0.654. The van der Waals surface area contributed by atoms with Crippen molar-refractivity contribution in [2.45, 2.75) is 39.7 Å². The molecule has 3 rings (SSSR count). The first kappa shape index (κ1) is 23.4. The number of amides is 1. The molecule has 0 saturated carbocycles. The number of hydrogen-bond donors (Lipinski definition) is 1. The molecule has 7 nitrogen and oxygen atoms in total. The largest absolute Gasteiger partial charge is 0.373 e. The lowest BCUT2D eigenvalue weighted by Crippen LogP contribution is -2.41. The first-order valence-electron chi connectivity index (χ1n) is 10.0. The molecule has 0 unspecified atom stereocenters. The van der Waals surface area contributed by atoms with E-state index in [2.05, 4.69) is 21.2 Å². The summed E-state index contributed by atoms with van der Waals surface area (Å²) in [6.07, 6.45) is 0.459. The number of carbonyl (C=O) groups excluding carboxylic acids is 1. The van der Waals surface area contributed by atoms with E-state index in [0.29, 0.717) is 40.7 Å². The second-order valence-electron chi connectivity index (χ2n) is 8.39. The van der Waals surface area contributed by atoms with Crippen LogP contribution in [0.25, 0.3) is 0 Å². The maximum atomic E-state index is 14.4. The number of halogens is 2. The van der Waals surface area contributed by atoms with Gasteiger partial charge in [-0.15, -0.1) is 0 Å². The van der Waals surface area contributed by atoms with Crippen LogP contribution in [0.15, 0.2) is 27.5 Å². The number of pyridine rings is 1. The number of fused-ring (bicyclic) bond motifs is 1. The summed E-state index contributed by atoms with van der Waals surface area (Å²) in [6.45, 7) is 8.40. The molecule has 1 amide bonds. The third kappa shape index (κ3) is 5.16. The van der Waals surface area contributed by atoms with Crippen molar-refractivity contribution in [3.05, 3.63) is 55.5 Å². The number of nitrogens with one attached hydrogen (secondary N) is 1. The standard InChI is InChI=1S/C22H27BrFN3O4/c1-13-15-8-9-27(31-11-10-30-22(2,3)4)21(29)18(15)19(26(5)20(13)28)25-17-7-6-14(23)12-16(17)24/h6-7,12,25H,8-11H2,1-5H3. The van der Waals surface area contributed by atoms with Gasteiger partial charge in [0.25, 0.3) is 11.5 Å². The minimum Gasteiger partial charge on any atom is -0.373 e. The second-order valence-corrected chi connectivity index (χ2v) is 9.31. The van der Waals surface area contributed by atoms with Crippen molar-refractivity contribution >= 4 is 33.3 Å². The number of rotatable bonds is 6. The van der Waals surface area contributed by atoms with Gasteiger partial charge in [-0.2, -0.15) is 0 Å². The van der Waals surface area contributed by atoms with Gasteiger partial charge in [0, 0.05) is 17.1 Å². The molecule has 1 aromatic heterocycles. The molecule has 2 aromatic rings. The van der Waals surface area contributed by atoms with Gasteiger partial charge in [0.2, 0.25) is 0 Å². The molecule has 0 fully saturated rings. The molecule has 0 radical (unpaired) electrons. The summed E-state index contributed by atoms with van der Waals surface area (Å²) in [7, 11) is 1.55. The zero-order valence-electron chi connectivity index (χ0n) is 18.3. The Balaban J connectivity index is 1.93. The van der Waals surface area contributed by atoms with Gasteiger partial charge >= 0.3 is 0 Å². The molecule has 0 bridgehead atoms. The predicted molar refractivity (Wildman–Crippen MR) is 120 cm³/mol. The topological polar surface area (TPSA) is 72.8 Å². The lowest BCUT2D eigenvalue weighted by molar-refractivity contribution is -0.148. The third-order valence-electron chi connectivity index (χ3n) is 5.01. The smallest absolute Gasteiger partial charge is 0.281 e. The number of aromatic nitrogens is 1. The van der Waals surface area contributed by atoms with Crippen LogP contribution in [0.5, 0.6) is 0 Å². The van der Waals surface area contributed by atoms with Crippen molar-refractivity contribution < 1.29 is 18.8 Å². The number of nitrogens with zero attached hydrogens (tertiary/aromatic N) is 2. The lowest BCUT2D eigenvalue weighted by Gasteiger charge is -2.31. The normalized spacial score (nSPS) is 14.0. The lowest BCUT2D eigenvalue weighted by atomic mass is 9.96. The van der Waals surface area contributed by atoms with Gasteiger partial charge < -0.3 is 10.1 Å². The van der Waals surface area contributed by atoms with Crippen molar-refractivity contribution in [1.82, 2.24) is 9.63 Å². The van der Waals surface area contributed by atoms with E-state index in [-0.39, 0.29) is 35.2 Å². The maximum absolute atomic E-state index is 14.4. The zero-order chi connectivity index (χ0) is 22.9. The first-order valence-corrected chi connectivity index (χ1v) is 10.8. The second kappa shape index (κ2) is 9.10. The monoisotopic (exact) mass is 495 g/mol. The van der Waals surface area contributed by atoms with Gasteiger partial charge in [0.1, 0.15) is 11.6 Å². The van der Waals surface area contributed by atoms with Crippen LogP contribution in [0.1, 0.15) is 42.3 Å². The quantitative estimate of drug-likeness (QED) is 0.611. The van der Waals surface area contributed by atoms with E-state index in [9.17, 15) is 14.0 Å². The molecule has 0 saturated heterocycles. The highest BCUT2D eigenvalue weighted by atomic mass is 79.9. The summed E-state index contributed by atoms with van der Waals surface area (Å²) in [4.78, 5) is 31.7. The van der Waals surface area contributed by atoms with Crippen molar-refractivity contribution in [3.63, 3.8) is 0 Å². The highest BCUT2D eigenvalue weighted by molar-refractivity contribution is 9.10. The van der Waals surface area contributed by atoms with Crippen LogP contribution in [-0.4, -0.2) is 40.9 Å². The highest BCUT2D eigenvalue weighted by Gasteiger charge is 2.32. The van der Waals surface area contributed by atoms with Crippen LogP contribution in [-0.2, 0) is 23.0 Å². The van der Waals surface area contributed by atoms with Gasteiger partial charge in [-0.05, 0) is 57.9 Å². The van der Waals surface area contributed by atoms with E-state index in [1.165, 1.54) is 15.7 Å². The molecule has 168 valence electrons. The minimum absolute atomic E-state index is 0.161. The molecule has 2 heterocycles. The van der Waals surface area contributed by atoms with E-state index in [0.717, 1.165) is 0 Å². The Morgan fingerprint density at radius 2 is 1.94 bits per heavy atom. The summed E-state index contributed by atoms with van der Waals surface area (Å²) < 4.78 is 22.0. The van der Waals surface area contributed by atoms with E-state index in [1.807, 2.05) is 20.8 Å². The molecule has 31 heavy (non-hydrogen) atoms. The van der Waals surface area contributed by atoms with Crippen molar-refractivity contribution in [2.24, 2.45) is 7.05 Å². The van der Waals surface area contributed by atoms with Crippen LogP contribution in [0.4, 0.5) is 15.9 Å². The van der Waals surface area contributed by atoms with Crippen molar-refractivity contribution in [2.75, 3.05) is 25.1 Å². The van der Waals surface area contributed by atoms with Crippen LogP contribution in [0.2, 0.25) is 0 Å². The van der Waals surface area contributed by atoms with Crippen LogP contribution >= 0.6 is 15.9 Å². The van der Waals surface area contributed by atoms with E-state index >= 15 is 0 Å². The Bertz CT molecular complexity index is 1060. The number of anilines is 2. The molecule has 0 spiro atoms. The Morgan fingerprint density at radius 3 is 2.58 bits per heavy atom. The Morgan fingerprint density at radius 1 is 1.23 bits per heavy atom. The van der Waals surface area contributed by atoms with Crippen LogP contribution in [0, 0.1) is 12.7 Å². The number of hydroxylamine groups is 2. The van der Waals surface area contributed by atoms with E-state index in [1.54, 1.807) is 26.1 Å². The first-order chi connectivity index (χ1) is 14.5. The Kier molecular flexibility index (Phi) is 6.88. The van der Waals surface area contributed by atoms with Gasteiger partial charge in [-0.1, -0.05) is 15.9 Å². The van der Waals surface area contributed by atoms with Crippen LogP contribution in [0.3, 0.4) is 0 Å². The summed E-state index contributed by atoms with van der Waals surface area (Å²) in [5, 5.41) is 4.22. The molecular weight excluding hydrogens is 469 g/mol. The molecule has 0 atom stereocenters. The third-order valence-corrected chi connectivity index (χ3v) is 5.50. The predicted octanol–water partition coefficient (Wildman–Crippen LogP) is 4.08. The molecule has 9 heteroatoms. The summed E-state index contributed by atoms with van der Waals surface area (Å²) >= 11 is 3.23. The van der Waals surface area contributed by atoms with Gasteiger partial charge in [0.15, 0.2) is 0 Å². The molecule has 1 aliphatic heterocycles. The van der Waals surface area contributed by atoms with Crippen LogP contribution < -0.4 is 10.9 Å². The summed E-state index contributed by atoms with van der Waals surface area (Å²) in [6, 6.07) is 4.53. The average Bonchev–Trinajstić information content (AvgIpc) is 2.68. The number of hydrogen-bond acceptors (Lipinski definition) is 5. The average molecular weight is 496 g/mol. The van der Waals surface area contributed by atoms with Gasteiger partial charge in [-0.25, -0.2) is 9.45 Å². The fraction of sp³-hybridized carbons (Fsp3) is 0.455. The van der Waals surface area contributed by atoms with Crippen molar-refractivity contribution in [3.8, 4) is 0 Å². The Labute approximate surface area is 189 Å². The molecule has 0 aliphatic carbocycles. The SMILES string of the molecule is Cc1c2c(c(Nc3ccc(Br)cc3F)n(C)c1=O)C(=O)N(OCCOC(C)(C)C)CC2. The fourth-order valence-corrected chi connectivity index (χ4v) is 3.78. The van der Waals surface area contributed by atoms with Crippen molar-refractivity contribution in [1.29, 1.82) is 0 Å². The van der Waals surface area contributed by atoms with E-state index < -0.39 is 5.82 Å². The highest BCUT2D eigenvalue weighted by Crippen LogP contribution is 2.30.